The Labute approximate surface area is 160 Å². The summed E-state index contributed by atoms with van der Waals surface area (Å²) in [4.78, 5) is 29.6. The molecule has 0 spiro atoms. The second kappa shape index (κ2) is 11.5. The van der Waals surface area contributed by atoms with E-state index in [-0.39, 0.29) is 35.7 Å². The number of nitrogens with zero attached hydrogens (tertiary/aromatic N) is 2. The van der Waals surface area contributed by atoms with Gasteiger partial charge in [0.05, 0.1) is 18.7 Å². The minimum absolute atomic E-state index is 0.00371. The van der Waals surface area contributed by atoms with Crippen molar-refractivity contribution in [2.24, 2.45) is 17.8 Å². The zero-order chi connectivity index (χ0) is 20.6. The molecular weight excluding hydrogens is 330 g/mol. The third-order valence-electron chi connectivity index (χ3n) is 5.17. The molecule has 0 bridgehead atoms. The molecule has 0 saturated heterocycles. The van der Waals surface area contributed by atoms with Gasteiger partial charge in [0.25, 0.3) is 0 Å². The van der Waals surface area contributed by atoms with E-state index >= 15 is 0 Å². The molecule has 0 radical (unpaired) electrons. The van der Waals surface area contributed by atoms with Crippen molar-refractivity contribution >= 4 is 11.8 Å². The molecule has 2 amide bonds. The van der Waals surface area contributed by atoms with Crippen LogP contribution in [0, 0.1) is 17.8 Å². The number of amides is 2. The van der Waals surface area contributed by atoms with Gasteiger partial charge in [0.15, 0.2) is 0 Å². The Bertz CT molecular complexity index is 430. The molecule has 4 atom stereocenters. The standard InChI is InChI=1S/C20H41N3O3/c1-11-15(6)16(12-26-10)23(9)20(25)17(13(2)3)21-19(24)18(14(4)5)22(7)8/h13-18H,11-12H2,1-10H3,(H,21,24)/t15?,16?,17-,18-/m0/s1. The Balaban J connectivity index is 5.40. The third-order valence-corrected chi connectivity index (χ3v) is 5.17. The van der Waals surface area contributed by atoms with E-state index in [0.29, 0.717) is 12.5 Å². The van der Waals surface area contributed by atoms with Crippen LogP contribution in [0.3, 0.4) is 0 Å². The Morgan fingerprint density at radius 3 is 1.88 bits per heavy atom. The summed E-state index contributed by atoms with van der Waals surface area (Å²) >= 11 is 0. The molecule has 154 valence electrons. The van der Waals surface area contributed by atoms with Crippen LogP contribution in [0.2, 0.25) is 0 Å². The van der Waals surface area contributed by atoms with Crippen molar-refractivity contribution in [2.75, 3.05) is 34.9 Å². The fraction of sp³-hybridized carbons (Fsp3) is 0.900. The topological polar surface area (TPSA) is 61.9 Å². The van der Waals surface area contributed by atoms with Gasteiger partial charge in [-0.15, -0.1) is 0 Å². The van der Waals surface area contributed by atoms with Crippen LogP contribution in [-0.4, -0.2) is 74.6 Å². The number of carbonyl (C=O) groups is 2. The highest BCUT2D eigenvalue weighted by Gasteiger charge is 2.34. The lowest BCUT2D eigenvalue weighted by Crippen LogP contribution is -2.58. The Morgan fingerprint density at radius 1 is 1.00 bits per heavy atom. The van der Waals surface area contributed by atoms with Crippen molar-refractivity contribution in [2.45, 2.75) is 66.1 Å². The summed E-state index contributed by atoms with van der Waals surface area (Å²) in [6.07, 6.45) is 0.959. The maximum atomic E-state index is 13.2. The van der Waals surface area contributed by atoms with Gasteiger partial charge in [-0.25, -0.2) is 0 Å². The minimum Gasteiger partial charge on any atom is -0.383 e. The lowest BCUT2D eigenvalue weighted by atomic mass is 9.95. The van der Waals surface area contributed by atoms with Gasteiger partial charge in [0, 0.05) is 14.2 Å². The van der Waals surface area contributed by atoms with E-state index in [9.17, 15) is 9.59 Å². The van der Waals surface area contributed by atoms with Gasteiger partial charge in [0.2, 0.25) is 11.8 Å². The Hall–Kier alpha value is -1.14. The van der Waals surface area contributed by atoms with Gasteiger partial charge < -0.3 is 15.0 Å². The molecule has 0 rings (SSSR count). The van der Waals surface area contributed by atoms with E-state index < -0.39 is 6.04 Å². The fourth-order valence-corrected chi connectivity index (χ4v) is 3.37. The van der Waals surface area contributed by atoms with E-state index in [1.807, 2.05) is 53.7 Å². The monoisotopic (exact) mass is 371 g/mol. The molecule has 26 heavy (non-hydrogen) atoms. The fourth-order valence-electron chi connectivity index (χ4n) is 3.37. The third kappa shape index (κ3) is 6.88. The summed E-state index contributed by atoms with van der Waals surface area (Å²) in [6, 6.07) is -0.818. The number of hydrogen-bond donors (Lipinski definition) is 1. The molecule has 0 aliphatic carbocycles. The predicted molar refractivity (Wildman–Crippen MR) is 107 cm³/mol. The van der Waals surface area contributed by atoms with Gasteiger partial charge in [-0.1, -0.05) is 48.0 Å². The quantitative estimate of drug-likeness (QED) is 0.605. The van der Waals surface area contributed by atoms with Crippen LogP contribution >= 0.6 is 0 Å². The van der Waals surface area contributed by atoms with Crippen LogP contribution in [0.5, 0.6) is 0 Å². The molecule has 0 heterocycles. The Morgan fingerprint density at radius 2 is 1.54 bits per heavy atom. The average molecular weight is 372 g/mol. The number of likely N-dealkylation sites (N-methyl/N-ethyl adjacent to an activating group) is 2. The molecule has 0 aliphatic heterocycles. The molecule has 0 fully saturated rings. The number of hydrogen-bond acceptors (Lipinski definition) is 4. The number of carbonyl (C=O) groups excluding carboxylic acids is 2. The summed E-state index contributed by atoms with van der Waals surface area (Å²) in [7, 11) is 7.24. The van der Waals surface area contributed by atoms with E-state index in [1.54, 1.807) is 12.0 Å². The summed E-state index contributed by atoms with van der Waals surface area (Å²) in [6.45, 7) is 12.7. The number of nitrogens with one attached hydrogen (secondary N) is 1. The number of methoxy groups -OCH3 is 1. The van der Waals surface area contributed by atoms with Gasteiger partial charge in [0.1, 0.15) is 6.04 Å². The molecule has 2 unspecified atom stereocenters. The maximum Gasteiger partial charge on any atom is 0.245 e. The minimum atomic E-state index is -0.544. The van der Waals surface area contributed by atoms with Crippen LogP contribution in [0.1, 0.15) is 48.0 Å². The van der Waals surface area contributed by atoms with Crippen LogP contribution in [0.15, 0.2) is 0 Å². The summed E-state index contributed by atoms with van der Waals surface area (Å²) in [5.41, 5.74) is 0. The second-order valence-electron chi connectivity index (χ2n) is 8.24. The predicted octanol–water partition coefficient (Wildman–Crippen LogP) is 2.23. The van der Waals surface area contributed by atoms with Crippen molar-refractivity contribution in [3.05, 3.63) is 0 Å². The van der Waals surface area contributed by atoms with E-state index in [4.69, 9.17) is 4.74 Å². The number of ether oxygens (including phenoxy) is 1. The zero-order valence-corrected chi connectivity index (χ0v) is 18.5. The largest absolute Gasteiger partial charge is 0.383 e. The normalized spacial score (nSPS) is 16.5. The van der Waals surface area contributed by atoms with Crippen LogP contribution < -0.4 is 5.32 Å². The maximum absolute atomic E-state index is 13.2. The van der Waals surface area contributed by atoms with Crippen molar-refractivity contribution < 1.29 is 14.3 Å². The molecule has 6 nitrogen and oxygen atoms in total. The van der Waals surface area contributed by atoms with Gasteiger partial charge in [-0.2, -0.15) is 0 Å². The Kier molecular flexibility index (Phi) is 11.0. The van der Waals surface area contributed by atoms with Crippen LogP contribution in [-0.2, 0) is 14.3 Å². The lowest BCUT2D eigenvalue weighted by Gasteiger charge is -2.36. The SMILES string of the molecule is CCC(C)C(COC)N(C)C(=O)[C@@H](NC(=O)[C@H](C(C)C)N(C)C)C(C)C. The molecule has 0 aliphatic rings. The molecular formula is C20H41N3O3. The van der Waals surface area contributed by atoms with Crippen molar-refractivity contribution in [1.82, 2.24) is 15.1 Å². The van der Waals surface area contributed by atoms with Gasteiger partial charge in [-0.05, 0) is 31.8 Å². The second-order valence-corrected chi connectivity index (χ2v) is 8.24. The first-order valence-corrected chi connectivity index (χ1v) is 9.71. The summed E-state index contributed by atoms with van der Waals surface area (Å²) < 4.78 is 5.33. The highest BCUT2D eigenvalue weighted by molar-refractivity contribution is 5.90. The van der Waals surface area contributed by atoms with E-state index in [2.05, 4.69) is 19.2 Å². The van der Waals surface area contributed by atoms with E-state index in [0.717, 1.165) is 6.42 Å². The van der Waals surface area contributed by atoms with Crippen LogP contribution in [0.25, 0.3) is 0 Å². The van der Waals surface area contributed by atoms with Gasteiger partial charge in [-0.3, -0.25) is 14.5 Å². The molecule has 0 aromatic rings. The number of rotatable bonds is 11. The lowest BCUT2D eigenvalue weighted by molar-refractivity contribution is -0.141. The molecule has 0 aromatic heterocycles. The van der Waals surface area contributed by atoms with Crippen molar-refractivity contribution in [3.8, 4) is 0 Å². The highest BCUT2D eigenvalue weighted by atomic mass is 16.5. The smallest absolute Gasteiger partial charge is 0.245 e. The first-order valence-electron chi connectivity index (χ1n) is 9.71. The van der Waals surface area contributed by atoms with Crippen molar-refractivity contribution in [3.63, 3.8) is 0 Å². The summed E-state index contributed by atoms with van der Waals surface area (Å²) in [5, 5.41) is 3.00. The van der Waals surface area contributed by atoms with Gasteiger partial charge >= 0.3 is 0 Å². The highest BCUT2D eigenvalue weighted by Crippen LogP contribution is 2.17. The first-order chi connectivity index (χ1) is 12.0. The molecule has 6 heteroatoms. The van der Waals surface area contributed by atoms with Crippen molar-refractivity contribution in [1.29, 1.82) is 0 Å². The molecule has 0 saturated carbocycles. The molecule has 0 aromatic carbocycles. The summed E-state index contributed by atoms with van der Waals surface area (Å²) in [5.74, 6) is 0.322. The molecule has 1 N–H and O–H groups in total. The first kappa shape index (κ1) is 24.9. The zero-order valence-electron chi connectivity index (χ0n) is 18.5. The average Bonchev–Trinajstić information content (AvgIpc) is 2.54. The van der Waals surface area contributed by atoms with E-state index in [1.165, 1.54) is 0 Å². The van der Waals surface area contributed by atoms with Crippen LogP contribution in [0.4, 0.5) is 0 Å².